The quantitative estimate of drug-likeness (QED) is 0.896. The van der Waals surface area contributed by atoms with Crippen molar-refractivity contribution < 1.29 is 9.13 Å². The smallest absolute Gasteiger partial charge is 0.214 e. The largest absolute Gasteiger partial charge is 0.481 e. The van der Waals surface area contributed by atoms with Gasteiger partial charge in [-0.05, 0) is 42.7 Å². The molecule has 4 heteroatoms. The molecule has 2 aromatic rings. The van der Waals surface area contributed by atoms with E-state index in [0.717, 1.165) is 29.9 Å². The summed E-state index contributed by atoms with van der Waals surface area (Å²) < 4.78 is 18.0. The van der Waals surface area contributed by atoms with Gasteiger partial charge in [0.25, 0.3) is 0 Å². The fourth-order valence-corrected chi connectivity index (χ4v) is 1.89. The first kappa shape index (κ1) is 13.3. The van der Waals surface area contributed by atoms with E-state index >= 15 is 0 Å². The highest BCUT2D eigenvalue weighted by Crippen LogP contribution is 2.13. The van der Waals surface area contributed by atoms with E-state index < -0.39 is 0 Å². The highest BCUT2D eigenvalue weighted by molar-refractivity contribution is 5.37. The van der Waals surface area contributed by atoms with Crippen LogP contribution in [0.15, 0.2) is 36.4 Å². The van der Waals surface area contributed by atoms with Gasteiger partial charge in [0.2, 0.25) is 5.88 Å². The van der Waals surface area contributed by atoms with Crippen LogP contribution in [0.4, 0.5) is 10.2 Å². The lowest BCUT2D eigenvalue weighted by molar-refractivity contribution is 0.398. The Hall–Kier alpha value is -2.10. The number of hydrogen-bond acceptors (Lipinski definition) is 3. The van der Waals surface area contributed by atoms with Crippen LogP contribution in [0.1, 0.15) is 11.1 Å². The normalized spacial score (nSPS) is 10.3. The third-order valence-electron chi connectivity index (χ3n) is 2.94. The predicted molar refractivity (Wildman–Crippen MR) is 74.1 cm³/mol. The highest BCUT2D eigenvalue weighted by atomic mass is 19.1. The number of ether oxygens (including phenoxy) is 1. The van der Waals surface area contributed by atoms with Gasteiger partial charge in [-0.15, -0.1) is 0 Å². The third-order valence-corrected chi connectivity index (χ3v) is 2.94. The zero-order chi connectivity index (χ0) is 13.7. The summed E-state index contributed by atoms with van der Waals surface area (Å²) in [6, 6.07) is 10.4. The molecule has 1 N–H and O–H groups in total. The Labute approximate surface area is 112 Å². The molecule has 0 amide bonds. The Morgan fingerprint density at radius 2 is 2.11 bits per heavy atom. The fourth-order valence-electron chi connectivity index (χ4n) is 1.89. The molecule has 0 aliphatic rings. The van der Waals surface area contributed by atoms with Crippen molar-refractivity contribution >= 4 is 5.82 Å². The topological polar surface area (TPSA) is 34.1 Å². The van der Waals surface area contributed by atoms with Crippen molar-refractivity contribution in [2.75, 3.05) is 19.0 Å². The summed E-state index contributed by atoms with van der Waals surface area (Å²) in [5, 5.41) is 3.22. The maximum atomic E-state index is 13.0. The second-order valence-corrected chi connectivity index (χ2v) is 4.31. The minimum absolute atomic E-state index is 0.191. The first-order valence-corrected chi connectivity index (χ1v) is 6.19. The molecule has 19 heavy (non-hydrogen) atoms. The molecule has 0 bridgehead atoms. The molecule has 0 atom stereocenters. The van der Waals surface area contributed by atoms with E-state index in [9.17, 15) is 4.39 Å². The van der Waals surface area contributed by atoms with Gasteiger partial charge < -0.3 is 10.1 Å². The molecule has 1 aromatic carbocycles. The SMILES string of the molecule is COc1cccc(NCCc2ccc(F)cc2C)n1. The zero-order valence-corrected chi connectivity index (χ0v) is 11.1. The van der Waals surface area contributed by atoms with E-state index in [4.69, 9.17) is 4.74 Å². The monoisotopic (exact) mass is 260 g/mol. The molecule has 1 heterocycles. The van der Waals surface area contributed by atoms with Gasteiger partial charge in [0.15, 0.2) is 0 Å². The second-order valence-electron chi connectivity index (χ2n) is 4.31. The first-order valence-electron chi connectivity index (χ1n) is 6.19. The molecule has 0 aliphatic carbocycles. The van der Waals surface area contributed by atoms with Crippen LogP contribution in [0.25, 0.3) is 0 Å². The van der Waals surface area contributed by atoms with Gasteiger partial charge in [-0.25, -0.2) is 4.39 Å². The van der Waals surface area contributed by atoms with E-state index in [1.165, 1.54) is 6.07 Å². The number of pyridine rings is 1. The van der Waals surface area contributed by atoms with Crippen molar-refractivity contribution in [3.05, 3.63) is 53.3 Å². The Kier molecular flexibility index (Phi) is 4.34. The molecule has 3 nitrogen and oxygen atoms in total. The Morgan fingerprint density at radius 1 is 1.26 bits per heavy atom. The van der Waals surface area contributed by atoms with Gasteiger partial charge >= 0.3 is 0 Å². The van der Waals surface area contributed by atoms with Crippen LogP contribution in [0.2, 0.25) is 0 Å². The molecule has 1 aromatic heterocycles. The summed E-state index contributed by atoms with van der Waals surface area (Å²) in [4.78, 5) is 4.27. The number of aryl methyl sites for hydroxylation is 1. The molecule has 0 radical (unpaired) electrons. The summed E-state index contributed by atoms with van der Waals surface area (Å²) in [5.74, 6) is 1.17. The number of nitrogens with zero attached hydrogens (tertiary/aromatic N) is 1. The van der Waals surface area contributed by atoms with Crippen LogP contribution in [0.3, 0.4) is 0 Å². The predicted octanol–water partition coefficient (Wildman–Crippen LogP) is 3.19. The summed E-state index contributed by atoms with van der Waals surface area (Å²) in [6.45, 7) is 2.66. The molecule has 0 saturated heterocycles. The van der Waals surface area contributed by atoms with Crippen molar-refractivity contribution in [3.63, 3.8) is 0 Å². The van der Waals surface area contributed by atoms with Gasteiger partial charge in [0, 0.05) is 12.6 Å². The van der Waals surface area contributed by atoms with E-state index in [0.29, 0.717) is 5.88 Å². The zero-order valence-electron chi connectivity index (χ0n) is 11.1. The summed E-state index contributed by atoms with van der Waals surface area (Å²) in [6.07, 6.45) is 0.824. The van der Waals surface area contributed by atoms with Gasteiger partial charge in [-0.1, -0.05) is 12.1 Å². The molecule has 0 fully saturated rings. The standard InChI is InChI=1S/C15H17FN2O/c1-11-10-13(16)7-6-12(11)8-9-17-14-4-3-5-15(18-14)19-2/h3-7,10H,8-9H2,1-2H3,(H,17,18). The minimum atomic E-state index is -0.191. The van der Waals surface area contributed by atoms with Gasteiger partial charge in [0.1, 0.15) is 11.6 Å². The third kappa shape index (κ3) is 3.68. The number of nitrogens with one attached hydrogen (secondary N) is 1. The van der Waals surface area contributed by atoms with E-state index in [-0.39, 0.29) is 5.82 Å². The van der Waals surface area contributed by atoms with Gasteiger partial charge in [-0.2, -0.15) is 4.98 Å². The number of rotatable bonds is 5. The summed E-state index contributed by atoms with van der Waals surface area (Å²) >= 11 is 0. The van der Waals surface area contributed by atoms with E-state index in [1.54, 1.807) is 19.2 Å². The molecule has 0 spiro atoms. The Balaban J connectivity index is 1.92. The average Bonchev–Trinajstić information content (AvgIpc) is 2.41. The molecule has 0 unspecified atom stereocenters. The van der Waals surface area contributed by atoms with Crippen LogP contribution < -0.4 is 10.1 Å². The van der Waals surface area contributed by atoms with Crippen molar-refractivity contribution in [2.45, 2.75) is 13.3 Å². The maximum Gasteiger partial charge on any atom is 0.214 e. The van der Waals surface area contributed by atoms with E-state index in [2.05, 4.69) is 10.3 Å². The van der Waals surface area contributed by atoms with Crippen LogP contribution in [-0.2, 0) is 6.42 Å². The van der Waals surface area contributed by atoms with Gasteiger partial charge in [-0.3, -0.25) is 0 Å². The highest BCUT2D eigenvalue weighted by Gasteiger charge is 2.01. The lowest BCUT2D eigenvalue weighted by Gasteiger charge is -2.08. The number of halogens is 1. The van der Waals surface area contributed by atoms with Crippen LogP contribution in [0.5, 0.6) is 5.88 Å². The fraction of sp³-hybridized carbons (Fsp3) is 0.267. The number of aromatic nitrogens is 1. The maximum absolute atomic E-state index is 13.0. The van der Waals surface area contributed by atoms with Gasteiger partial charge in [0.05, 0.1) is 7.11 Å². The minimum Gasteiger partial charge on any atom is -0.481 e. The van der Waals surface area contributed by atoms with Crippen molar-refractivity contribution in [3.8, 4) is 5.88 Å². The number of anilines is 1. The first-order chi connectivity index (χ1) is 9.19. The second kappa shape index (κ2) is 6.18. The van der Waals surface area contributed by atoms with Crippen LogP contribution in [-0.4, -0.2) is 18.6 Å². The van der Waals surface area contributed by atoms with Crippen molar-refractivity contribution in [1.82, 2.24) is 4.98 Å². The lowest BCUT2D eigenvalue weighted by Crippen LogP contribution is -2.07. The summed E-state index contributed by atoms with van der Waals surface area (Å²) in [5.41, 5.74) is 2.11. The molecule has 100 valence electrons. The Bertz CT molecular complexity index is 558. The van der Waals surface area contributed by atoms with Crippen LogP contribution in [0, 0.1) is 12.7 Å². The van der Waals surface area contributed by atoms with Crippen molar-refractivity contribution in [1.29, 1.82) is 0 Å². The number of methoxy groups -OCH3 is 1. The van der Waals surface area contributed by atoms with Crippen LogP contribution >= 0.6 is 0 Å². The molecular weight excluding hydrogens is 243 g/mol. The summed E-state index contributed by atoms with van der Waals surface area (Å²) in [7, 11) is 1.59. The lowest BCUT2D eigenvalue weighted by atomic mass is 10.1. The molecule has 2 rings (SSSR count). The Morgan fingerprint density at radius 3 is 2.84 bits per heavy atom. The number of hydrogen-bond donors (Lipinski definition) is 1. The van der Waals surface area contributed by atoms with Crippen molar-refractivity contribution in [2.24, 2.45) is 0 Å². The van der Waals surface area contributed by atoms with E-state index in [1.807, 2.05) is 25.1 Å². The molecule has 0 saturated carbocycles. The molecule has 0 aliphatic heterocycles. The number of benzene rings is 1. The average molecular weight is 260 g/mol. The molecular formula is C15H17FN2O.